The highest BCUT2D eigenvalue weighted by Crippen LogP contribution is 2.11. The summed E-state index contributed by atoms with van der Waals surface area (Å²) in [5, 5.41) is 29.7. The van der Waals surface area contributed by atoms with E-state index in [4.69, 9.17) is 22.3 Å². The van der Waals surface area contributed by atoms with E-state index in [2.05, 4.69) is 21.3 Å². The summed E-state index contributed by atoms with van der Waals surface area (Å²) in [5.74, 6) is -5.47. The number of nitrogens with two attached hydrogens (primary N) is 3. The van der Waals surface area contributed by atoms with E-state index in [0.29, 0.717) is 11.8 Å². The van der Waals surface area contributed by atoms with Crippen molar-refractivity contribution < 1.29 is 43.8 Å². The Hall–Kier alpha value is -4.41. The van der Waals surface area contributed by atoms with Crippen molar-refractivity contribution in [3.05, 3.63) is 35.9 Å². The number of hydrogen-bond donors (Lipinski definition) is 9. The Kier molecular flexibility index (Phi) is 16.2. The molecule has 1 aromatic rings. The lowest BCUT2D eigenvalue weighted by molar-refractivity contribution is -0.135. The van der Waals surface area contributed by atoms with E-state index in [0.717, 1.165) is 0 Å². The van der Waals surface area contributed by atoms with Crippen LogP contribution in [0, 0.1) is 5.92 Å². The van der Waals surface area contributed by atoms with Gasteiger partial charge in [-0.3, -0.25) is 28.8 Å². The summed E-state index contributed by atoms with van der Waals surface area (Å²) in [6.07, 6.45) is -2.66. The van der Waals surface area contributed by atoms with Crippen molar-refractivity contribution in [2.75, 3.05) is 6.61 Å². The van der Waals surface area contributed by atoms with Crippen molar-refractivity contribution in [1.82, 2.24) is 21.3 Å². The molecule has 0 fully saturated rings. The molecule has 0 aromatic heterocycles. The number of hydrogen-bond acceptors (Lipinski definition) is 10. The molecule has 0 saturated heterocycles. The monoisotopic (exact) mass is 621 g/mol. The molecule has 0 heterocycles. The van der Waals surface area contributed by atoms with Gasteiger partial charge in [0.2, 0.25) is 35.4 Å². The number of nitrogens with one attached hydrogen (secondary N) is 4. The third-order valence-electron chi connectivity index (χ3n) is 6.56. The Bertz CT molecular complexity index is 1150. The fourth-order valence-corrected chi connectivity index (χ4v) is 3.97. The molecular weight excluding hydrogens is 578 g/mol. The number of rotatable bonds is 20. The van der Waals surface area contributed by atoms with Gasteiger partial charge in [0.05, 0.1) is 37.6 Å². The van der Waals surface area contributed by atoms with Gasteiger partial charge < -0.3 is 53.5 Å². The zero-order valence-corrected chi connectivity index (χ0v) is 24.7. The average Bonchev–Trinajstić information content (AvgIpc) is 2.96. The number of amides is 6. The lowest BCUT2D eigenvalue weighted by Crippen LogP contribution is -2.58. The van der Waals surface area contributed by atoms with Crippen LogP contribution in [0.25, 0.3) is 0 Å². The average molecular weight is 622 g/mol. The van der Waals surface area contributed by atoms with Crippen LogP contribution in [0.3, 0.4) is 0 Å². The summed E-state index contributed by atoms with van der Waals surface area (Å²) in [6, 6.07) is 2.34. The van der Waals surface area contributed by atoms with Gasteiger partial charge in [-0.2, -0.15) is 0 Å². The van der Waals surface area contributed by atoms with E-state index in [1.54, 1.807) is 44.2 Å². The minimum Gasteiger partial charge on any atom is -0.394 e. The first-order chi connectivity index (χ1) is 20.7. The second-order valence-electron chi connectivity index (χ2n) is 10.6. The zero-order chi connectivity index (χ0) is 33.4. The molecule has 1 aromatic carbocycles. The third kappa shape index (κ3) is 13.7. The SMILES string of the molecule is CC(C)C(C=O)NC(=O)C[C@@H](O)C(Cc1ccccc1)NC(=O)[C@H](CC(N)=O)NC(=O)[C@H](CCC(N)=O)NC(=O)[C@@H](N)CO. The number of carbonyl (C=O) groups is 7. The van der Waals surface area contributed by atoms with E-state index in [1.807, 2.05) is 0 Å². The standard InChI is InChI=1S/C28H43N7O9/c1-15(2)21(14-37)32-25(41)12-22(38)19(10-16-6-4-3-5-7-16)34-28(44)20(11-24(31)40)35-27(43)18(8-9-23(30)39)33-26(42)17(29)13-36/h3-7,14-15,17-22,36,38H,8-13,29H2,1-2H3,(H2,30,39)(H2,31,40)(H,32,41)(H,33,42)(H,34,44)(H,35,43)/t17-,18-,19?,20-,21?,22+/m0/s1. The van der Waals surface area contributed by atoms with Gasteiger partial charge in [-0.25, -0.2) is 0 Å². The number of benzene rings is 1. The van der Waals surface area contributed by atoms with Crippen LogP contribution in [-0.4, -0.2) is 94.9 Å². The number of aldehydes is 1. The first-order valence-electron chi connectivity index (χ1n) is 14.0. The quantitative estimate of drug-likeness (QED) is 0.0641. The normalized spacial score (nSPS) is 15.0. The lowest BCUT2D eigenvalue weighted by Gasteiger charge is -2.28. The fourth-order valence-electron chi connectivity index (χ4n) is 3.97. The maximum absolute atomic E-state index is 13.4. The topological polar surface area (TPSA) is 286 Å². The minimum atomic E-state index is -1.60. The zero-order valence-electron chi connectivity index (χ0n) is 24.7. The van der Waals surface area contributed by atoms with Crippen molar-refractivity contribution in [2.45, 2.75) is 82.3 Å². The van der Waals surface area contributed by atoms with Gasteiger partial charge in [0.15, 0.2) is 0 Å². The predicted octanol–water partition coefficient (Wildman–Crippen LogP) is -3.77. The Morgan fingerprint density at radius 3 is 1.95 bits per heavy atom. The van der Waals surface area contributed by atoms with Crippen molar-refractivity contribution in [3.63, 3.8) is 0 Å². The van der Waals surface area contributed by atoms with E-state index < -0.39 is 91.2 Å². The molecule has 0 spiro atoms. The van der Waals surface area contributed by atoms with Crippen LogP contribution < -0.4 is 38.5 Å². The van der Waals surface area contributed by atoms with E-state index in [-0.39, 0.29) is 25.2 Å². The summed E-state index contributed by atoms with van der Waals surface area (Å²) >= 11 is 0. The minimum absolute atomic E-state index is 0.0376. The van der Waals surface area contributed by atoms with Crippen molar-refractivity contribution >= 4 is 41.7 Å². The molecule has 0 aliphatic carbocycles. The lowest BCUT2D eigenvalue weighted by atomic mass is 9.97. The molecule has 16 heteroatoms. The van der Waals surface area contributed by atoms with Crippen LogP contribution in [0.15, 0.2) is 30.3 Å². The fraction of sp³-hybridized carbons (Fsp3) is 0.536. The molecule has 2 unspecified atom stereocenters. The predicted molar refractivity (Wildman–Crippen MR) is 157 cm³/mol. The molecule has 0 saturated carbocycles. The molecule has 6 amide bonds. The Morgan fingerprint density at radius 2 is 1.43 bits per heavy atom. The van der Waals surface area contributed by atoms with Gasteiger partial charge in [0, 0.05) is 6.42 Å². The van der Waals surface area contributed by atoms with E-state index in [1.165, 1.54) is 0 Å². The number of aliphatic hydroxyl groups excluding tert-OH is 2. The highest BCUT2D eigenvalue weighted by Gasteiger charge is 2.32. The van der Waals surface area contributed by atoms with Crippen LogP contribution in [0.1, 0.15) is 45.1 Å². The van der Waals surface area contributed by atoms with Crippen molar-refractivity contribution in [1.29, 1.82) is 0 Å². The van der Waals surface area contributed by atoms with Gasteiger partial charge in [0.25, 0.3) is 0 Å². The molecular formula is C28H43N7O9. The van der Waals surface area contributed by atoms with Crippen LogP contribution in [0.5, 0.6) is 0 Å². The molecule has 0 aliphatic rings. The maximum atomic E-state index is 13.4. The van der Waals surface area contributed by atoms with Crippen LogP contribution in [0.2, 0.25) is 0 Å². The molecule has 1 rings (SSSR count). The smallest absolute Gasteiger partial charge is 0.243 e. The summed E-state index contributed by atoms with van der Waals surface area (Å²) in [5.41, 5.74) is 16.6. The Labute approximate surface area is 254 Å². The van der Waals surface area contributed by atoms with Crippen LogP contribution in [0.4, 0.5) is 0 Å². The first-order valence-corrected chi connectivity index (χ1v) is 14.0. The second kappa shape index (κ2) is 19.0. The second-order valence-corrected chi connectivity index (χ2v) is 10.6. The van der Waals surface area contributed by atoms with Gasteiger partial charge in [-0.15, -0.1) is 0 Å². The number of primary amides is 2. The van der Waals surface area contributed by atoms with Gasteiger partial charge >= 0.3 is 0 Å². The molecule has 16 nitrogen and oxygen atoms in total. The highest BCUT2D eigenvalue weighted by molar-refractivity contribution is 5.95. The number of carbonyl (C=O) groups excluding carboxylic acids is 7. The van der Waals surface area contributed by atoms with Crippen molar-refractivity contribution in [2.24, 2.45) is 23.1 Å². The van der Waals surface area contributed by atoms with Crippen LogP contribution >= 0.6 is 0 Å². The molecule has 0 bridgehead atoms. The van der Waals surface area contributed by atoms with Gasteiger partial charge in [-0.1, -0.05) is 44.2 Å². The van der Waals surface area contributed by atoms with Gasteiger partial charge in [0.1, 0.15) is 24.4 Å². The van der Waals surface area contributed by atoms with Crippen molar-refractivity contribution in [3.8, 4) is 0 Å². The molecule has 0 aliphatic heterocycles. The summed E-state index contributed by atoms with van der Waals surface area (Å²) in [6.45, 7) is 2.72. The molecule has 244 valence electrons. The van der Waals surface area contributed by atoms with Crippen LogP contribution in [-0.2, 0) is 40.0 Å². The largest absolute Gasteiger partial charge is 0.394 e. The molecule has 44 heavy (non-hydrogen) atoms. The summed E-state index contributed by atoms with van der Waals surface area (Å²) in [4.78, 5) is 85.7. The first kappa shape index (κ1) is 37.6. The third-order valence-corrected chi connectivity index (χ3v) is 6.56. The molecule has 0 radical (unpaired) electrons. The van der Waals surface area contributed by atoms with Gasteiger partial charge in [-0.05, 0) is 24.3 Å². The Balaban J connectivity index is 3.20. The molecule has 6 atom stereocenters. The maximum Gasteiger partial charge on any atom is 0.243 e. The summed E-state index contributed by atoms with van der Waals surface area (Å²) in [7, 11) is 0. The number of aliphatic hydroxyl groups is 2. The highest BCUT2D eigenvalue weighted by atomic mass is 16.3. The van der Waals surface area contributed by atoms with E-state index in [9.17, 15) is 38.7 Å². The van der Waals surface area contributed by atoms with E-state index >= 15 is 0 Å². The summed E-state index contributed by atoms with van der Waals surface area (Å²) < 4.78 is 0. The molecule has 12 N–H and O–H groups in total. The Morgan fingerprint density at radius 1 is 0.841 bits per heavy atom.